The van der Waals surface area contributed by atoms with Crippen molar-refractivity contribution in [1.29, 1.82) is 0 Å². The number of carboxylic acid groups (broad SMARTS) is 1. The van der Waals surface area contributed by atoms with Crippen LogP contribution in [0.3, 0.4) is 0 Å². The van der Waals surface area contributed by atoms with Gasteiger partial charge in [-0.2, -0.15) is 0 Å². The van der Waals surface area contributed by atoms with Gasteiger partial charge in [-0.05, 0) is 19.4 Å². The topological polar surface area (TPSA) is 69.6 Å². The molecule has 4 heteroatoms. The first-order valence-corrected chi connectivity index (χ1v) is 5.24. The van der Waals surface area contributed by atoms with Crippen LogP contribution in [0.4, 0.5) is 0 Å². The molecule has 88 valence electrons. The molecule has 3 atom stereocenters. The molecule has 0 saturated heterocycles. The molecular formula is C12H17NO3. The molecule has 0 spiro atoms. The summed E-state index contributed by atoms with van der Waals surface area (Å²) in [5, 5.41) is 21.3. The van der Waals surface area contributed by atoms with E-state index in [9.17, 15) is 9.90 Å². The van der Waals surface area contributed by atoms with Crippen LogP contribution in [0.1, 0.15) is 25.5 Å². The van der Waals surface area contributed by atoms with Crippen molar-refractivity contribution in [1.82, 2.24) is 5.32 Å². The maximum atomic E-state index is 11.1. The van der Waals surface area contributed by atoms with Crippen LogP contribution >= 0.6 is 0 Å². The van der Waals surface area contributed by atoms with Crippen LogP contribution in [0.15, 0.2) is 30.3 Å². The minimum atomic E-state index is -0.946. The van der Waals surface area contributed by atoms with Crippen LogP contribution in [0.2, 0.25) is 0 Å². The fraction of sp³-hybridized carbons (Fsp3) is 0.417. The Bertz CT molecular complexity index is 337. The summed E-state index contributed by atoms with van der Waals surface area (Å²) in [5.41, 5.74) is 0.683. The summed E-state index contributed by atoms with van der Waals surface area (Å²) in [6.07, 6.45) is -0.592. The molecule has 1 rings (SSSR count). The first-order chi connectivity index (χ1) is 7.52. The Morgan fingerprint density at radius 3 is 2.25 bits per heavy atom. The quantitative estimate of drug-likeness (QED) is 0.701. The van der Waals surface area contributed by atoms with Crippen molar-refractivity contribution in [3.05, 3.63) is 35.9 Å². The summed E-state index contributed by atoms with van der Waals surface area (Å²) in [4.78, 5) is 11.1. The predicted molar refractivity (Wildman–Crippen MR) is 61.1 cm³/mol. The number of benzene rings is 1. The van der Waals surface area contributed by atoms with E-state index in [1.54, 1.807) is 38.1 Å². The molecule has 0 aliphatic rings. The largest absolute Gasteiger partial charge is 0.480 e. The third-order valence-corrected chi connectivity index (χ3v) is 2.53. The van der Waals surface area contributed by atoms with Crippen molar-refractivity contribution in [2.45, 2.75) is 32.0 Å². The number of rotatable bonds is 5. The van der Waals surface area contributed by atoms with E-state index in [2.05, 4.69) is 5.32 Å². The van der Waals surface area contributed by atoms with E-state index in [1.165, 1.54) is 0 Å². The van der Waals surface area contributed by atoms with E-state index in [0.717, 1.165) is 0 Å². The molecule has 0 amide bonds. The standard InChI is InChI=1S/C12H17NO3/c1-8(9(2)14)13-11(12(15)16)10-6-4-3-5-7-10/h3-9,11,13-14H,1-2H3,(H,15,16). The Balaban J connectivity index is 2.81. The number of aliphatic hydroxyl groups excluding tert-OH is 1. The van der Waals surface area contributed by atoms with Crippen LogP contribution in [0, 0.1) is 0 Å². The van der Waals surface area contributed by atoms with E-state index >= 15 is 0 Å². The maximum absolute atomic E-state index is 11.1. The summed E-state index contributed by atoms with van der Waals surface area (Å²) < 4.78 is 0. The number of carboxylic acids is 1. The van der Waals surface area contributed by atoms with E-state index in [0.29, 0.717) is 5.56 Å². The van der Waals surface area contributed by atoms with Crippen LogP contribution in [0.5, 0.6) is 0 Å². The molecule has 0 radical (unpaired) electrons. The van der Waals surface area contributed by atoms with Crippen molar-refractivity contribution in [2.75, 3.05) is 0 Å². The molecule has 3 N–H and O–H groups in total. The lowest BCUT2D eigenvalue weighted by atomic mass is 10.1. The first kappa shape index (κ1) is 12.7. The first-order valence-electron chi connectivity index (χ1n) is 5.24. The summed E-state index contributed by atoms with van der Waals surface area (Å²) in [6.45, 7) is 3.38. The zero-order chi connectivity index (χ0) is 12.1. The third-order valence-electron chi connectivity index (χ3n) is 2.53. The molecule has 1 aromatic carbocycles. The Morgan fingerprint density at radius 1 is 1.25 bits per heavy atom. The van der Waals surface area contributed by atoms with Gasteiger partial charge in [0.25, 0.3) is 0 Å². The van der Waals surface area contributed by atoms with Gasteiger partial charge in [-0.1, -0.05) is 30.3 Å². The number of hydrogen-bond donors (Lipinski definition) is 3. The highest BCUT2D eigenvalue weighted by Crippen LogP contribution is 2.14. The van der Waals surface area contributed by atoms with Gasteiger partial charge < -0.3 is 10.2 Å². The Labute approximate surface area is 94.9 Å². The average molecular weight is 223 g/mol. The van der Waals surface area contributed by atoms with Crippen LogP contribution in [-0.4, -0.2) is 28.3 Å². The molecule has 16 heavy (non-hydrogen) atoms. The zero-order valence-electron chi connectivity index (χ0n) is 9.42. The Kier molecular flexibility index (Phi) is 4.46. The van der Waals surface area contributed by atoms with Gasteiger partial charge in [-0.25, -0.2) is 0 Å². The highest BCUT2D eigenvalue weighted by atomic mass is 16.4. The number of carbonyl (C=O) groups is 1. The van der Waals surface area contributed by atoms with Gasteiger partial charge in [-0.15, -0.1) is 0 Å². The fourth-order valence-corrected chi connectivity index (χ4v) is 1.36. The molecule has 0 saturated carbocycles. The molecule has 0 aliphatic carbocycles. The van der Waals surface area contributed by atoms with E-state index < -0.39 is 18.1 Å². The minimum absolute atomic E-state index is 0.277. The molecule has 3 unspecified atom stereocenters. The number of aliphatic hydroxyl groups is 1. The van der Waals surface area contributed by atoms with Gasteiger partial charge in [0.1, 0.15) is 6.04 Å². The fourth-order valence-electron chi connectivity index (χ4n) is 1.36. The lowest BCUT2D eigenvalue weighted by Gasteiger charge is -2.22. The summed E-state index contributed by atoms with van der Waals surface area (Å²) in [6, 6.07) is 7.86. The maximum Gasteiger partial charge on any atom is 0.325 e. The molecule has 0 fully saturated rings. The smallest absolute Gasteiger partial charge is 0.325 e. The SMILES string of the molecule is CC(O)C(C)NC(C(=O)O)c1ccccc1. The average Bonchev–Trinajstić information content (AvgIpc) is 2.26. The van der Waals surface area contributed by atoms with Crippen LogP contribution in [0.25, 0.3) is 0 Å². The second-order valence-electron chi connectivity index (χ2n) is 3.88. The second kappa shape index (κ2) is 5.63. The Morgan fingerprint density at radius 2 is 1.81 bits per heavy atom. The van der Waals surface area contributed by atoms with E-state index in [4.69, 9.17) is 5.11 Å². The van der Waals surface area contributed by atoms with Crippen molar-refractivity contribution in [3.63, 3.8) is 0 Å². The van der Waals surface area contributed by atoms with Gasteiger partial charge in [0, 0.05) is 6.04 Å². The van der Waals surface area contributed by atoms with Crippen molar-refractivity contribution in [2.24, 2.45) is 0 Å². The van der Waals surface area contributed by atoms with E-state index in [-0.39, 0.29) is 6.04 Å². The Hall–Kier alpha value is -1.39. The van der Waals surface area contributed by atoms with Gasteiger partial charge in [0.2, 0.25) is 0 Å². The highest BCUT2D eigenvalue weighted by Gasteiger charge is 2.22. The molecule has 1 aromatic rings. The summed E-state index contributed by atoms with van der Waals surface area (Å²) in [5.74, 6) is -0.946. The number of nitrogens with one attached hydrogen (secondary N) is 1. The molecule has 4 nitrogen and oxygen atoms in total. The summed E-state index contributed by atoms with van der Waals surface area (Å²) in [7, 11) is 0. The zero-order valence-corrected chi connectivity index (χ0v) is 9.42. The van der Waals surface area contributed by atoms with Gasteiger partial charge in [-0.3, -0.25) is 10.1 Å². The normalized spacial score (nSPS) is 16.4. The number of aliphatic carboxylic acids is 1. The lowest BCUT2D eigenvalue weighted by Crippen LogP contribution is -2.41. The molecule has 0 bridgehead atoms. The van der Waals surface area contributed by atoms with Crippen molar-refractivity contribution < 1.29 is 15.0 Å². The molecule has 0 aliphatic heterocycles. The minimum Gasteiger partial charge on any atom is -0.480 e. The van der Waals surface area contributed by atoms with Crippen molar-refractivity contribution >= 4 is 5.97 Å². The molecule has 0 heterocycles. The van der Waals surface area contributed by atoms with Gasteiger partial charge in [0.05, 0.1) is 6.10 Å². The predicted octanol–water partition coefficient (Wildman–Crippen LogP) is 1.17. The van der Waals surface area contributed by atoms with E-state index in [1.807, 2.05) is 6.07 Å². The van der Waals surface area contributed by atoms with Crippen molar-refractivity contribution in [3.8, 4) is 0 Å². The van der Waals surface area contributed by atoms with Gasteiger partial charge in [0.15, 0.2) is 0 Å². The summed E-state index contributed by atoms with van der Waals surface area (Å²) >= 11 is 0. The monoisotopic (exact) mass is 223 g/mol. The van der Waals surface area contributed by atoms with Crippen LogP contribution < -0.4 is 5.32 Å². The second-order valence-corrected chi connectivity index (χ2v) is 3.88. The molecule has 0 aromatic heterocycles. The number of hydrogen-bond acceptors (Lipinski definition) is 3. The highest BCUT2D eigenvalue weighted by molar-refractivity contribution is 5.75. The van der Waals surface area contributed by atoms with Gasteiger partial charge >= 0.3 is 5.97 Å². The molecular weight excluding hydrogens is 206 g/mol. The lowest BCUT2D eigenvalue weighted by molar-refractivity contribution is -0.140. The third kappa shape index (κ3) is 3.32. The van der Waals surface area contributed by atoms with Crippen LogP contribution in [-0.2, 0) is 4.79 Å².